The van der Waals surface area contributed by atoms with E-state index in [1.807, 2.05) is 44.2 Å². The zero-order valence-electron chi connectivity index (χ0n) is 12.3. The molecule has 2 aromatic rings. The number of hydrogen-bond acceptors (Lipinski definition) is 4. The molecule has 0 bridgehead atoms. The molecule has 5 heteroatoms. The monoisotopic (exact) mass is 288 g/mol. The average Bonchev–Trinajstić information content (AvgIpc) is 2.97. The van der Waals surface area contributed by atoms with E-state index >= 15 is 0 Å². The van der Waals surface area contributed by atoms with E-state index in [1.54, 1.807) is 12.3 Å². The van der Waals surface area contributed by atoms with Gasteiger partial charge in [-0.15, -0.1) is 0 Å². The normalized spacial score (nSPS) is 10.4. The lowest BCUT2D eigenvalue weighted by Crippen LogP contribution is -2.29. The Bertz CT molecular complexity index is 565. The Balaban J connectivity index is 1.83. The molecule has 0 saturated heterocycles. The number of hydrogen-bond donors (Lipinski definition) is 2. The third-order valence-corrected chi connectivity index (χ3v) is 2.73. The Morgan fingerprint density at radius 1 is 1.24 bits per heavy atom. The summed E-state index contributed by atoms with van der Waals surface area (Å²) >= 11 is 0. The predicted molar refractivity (Wildman–Crippen MR) is 81.3 cm³/mol. The molecule has 1 amide bonds. The zero-order chi connectivity index (χ0) is 15.1. The third-order valence-electron chi connectivity index (χ3n) is 2.73. The fraction of sp³-hybridized carbons (Fsp3) is 0.312. The van der Waals surface area contributed by atoms with Crippen molar-refractivity contribution in [2.75, 3.05) is 11.9 Å². The number of anilines is 1. The van der Waals surface area contributed by atoms with Crippen LogP contribution in [-0.2, 0) is 11.3 Å². The molecule has 0 aliphatic rings. The quantitative estimate of drug-likeness (QED) is 0.822. The summed E-state index contributed by atoms with van der Waals surface area (Å²) in [5.41, 5.74) is 0.805. The topological polar surface area (TPSA) is 63.5 Å². The number of benzene rings is 1. The summed E-state index contributed by atoms with van der Waals surface area (Å²) in [7, 11) is 0. The lowest BCUT2D eigenvalue weighted by atomic mass is 10.3. The predicted octanol–water partition coefficient (Wildman–Crippen LogP) is 2.80. The van der Waals surface area contributed by atoms with Crippen LogP contribution in [0, 0.1) is 0 Å². The molecule has 0 saturated carbocycles. The number of carbonyl (C=O) groups is 1. The van der Waals surface area contributed by atoms with Crippen molar-refractivity contribution in [2.24, 2.45) is 0 Å². The summed E-state index contributed by atoms with van der Waals surface area (Å²) in [5, 5.41) is 5.86. The Hall–Kier alpha value is -2.43. The highest BCUT2D eigenvalue weighted by Gasteiger charge is 2.07. The minimum Gasteiger partial charge on any atom is -0.489 e. The van der Waals surface area contributed by atoms with Crippen molar-refractivity contribution < 1.29 is 13.9 Å². The molecule has 1 aromatic heterocycles. The van der Waals surface area contributed by atoms with Crippen LogP contribution in [0.25, 0.3) is 0 Å². The van der Waals surface area contributed by atoms with Crippen molar-refractivity contribution in [1.82, 2.24) is 5.32 Å². The number of carbonyl (C=O) groups excluding carboxylic acids is 1. The van der Waals surface area contributed by atoms with Gasteiger partial charge in [0.2, 0.25) is 5.91 Å². The van der Waals surface area contributed by atoms with Gasteiger partial charge >= 0.3 is 0 Å². The molecule has 0 fully saturated rings. The molecule has 1 heterocycles. The van der Waals surface area contributed by atoms with Gasteiger partial charge in [-0.2, -0.15) is 0 Å². The second-order valence-electron chi connectivity index (χ2n) is 4.87. The smallest absolute Gasteiger partial charge is 0.239 e. The number of furan rings is 1. The van der Waals surface area contributed by atoms with E-state index in [9.17, 15) is 4.79 Å². The van der Waals surface area contributed by atoms with Crippen LogP contribution < -0.4 is 15.4 Å². The van der Waals surface area contributed by atoms with Gasteiger partial charge in [-0.1, -0.05) is 12.1 Å². The summed E-state index contributed by atoms with van der Waals surface area (Å²) in [4.78, 5) is 11.8. The Kier molecular flexibility index (Phi) is 5.26. The van der Waals surface area contributed by atoms with Gasteiger partial charge < -0.3 is 19.8 Å². The van der Waals surface area contributed by atoms with Gasteiger partial charge in [0.15, 0.2) is 0 Å². The Morgan fingerprint density at radius 3 is 2.76 bits per heavy atom. The van der Waals surface area contributed by atoms with Crippen LogP contribution in [0.3, 0.4) is 0 Å². The molecule has 0 aliphatic heterocycles. The summed E-state index contributed by atoms with van der Waals surface area (Å²) < 4.78 is 10.8. The van der Waals surface area contributed by atoms with E-state index in [0.29, 0.717) is 6.54 Å². The SMILES string of the molecule is CC(C)Oc1ccccc1NCC(=O)NCc1ccco1. The van der Waals surface area contributed by atoms with Gasteiger partial charge in [-0.25, -0.2) is 0 Å². The maximum absolute atomic E-state index is 11.8. The number of amides is 1. The fourth-order valence-electron chi connectivity index (χ4n) is 1.81. The van der Waals surface area contributed by atoms with Crippen LogP contribution in [0.4, 0.5) is 5.69 Å². The molecule has 0 radical (unpaired) electrons. The number of ether oxygens (including phenoxy) is 1. The Morgan fingerprint density at radius 2 is 2.05 bits per heavy atom. The van der Waals surface area contributed by atoms with Crippen molar-refractivity contribution in [3.05, 3.63) is 48.4 Å². The molecular formula is C16H20N2O3. The highest BCUT2D eigenvalue weighted by Crippen LogP contribution is 2.24. The number of rotatable bonds is 7. The first kappa shape index (κ1) is 15.0. The molecule has 0 atom stereocenters. The summed E-state index contributed by atoms with van der Waals surface area (Å²) in [6.07, 6.45) is 1.67. The van der Waals surface area contributed by atoms with Gasteiger partial charge in [-0.05, 0) is 38.1 Å². The molecule has 0 spiro atoms. The molecular weight excluding hydrogens is 268 g/mol. The largest absolute Gasteiger partial charge is 0.489 e. The van der Waals surface area contributed by atoms with Gasteiger partial charge in [0.25, 0.3) is 0 Å². The van der Waals surface area contributed by atoms with E-state index in [4.69, 9.17) is 9.15 Å². The summed E-state index contributed by atoms with van der Waals surface area (Å²) in [6.45, 7) is 4.50. The second-order valence-corrected chi connectivity index (χ2v) is 4.87. The first-order chi connectivity index (χ1) is 10.1. The van der Waals surface area contributed by atoms with E-state index in [-0.39, 0.29) is 18.6 Å². The first-order valence-corrected chi connectivity index (χ1v) is 6.94. The summed E-state index contributed by atoms with van der Waals surface area (Å²) in [5.74, 6) is 1.36. The maximum atomic E-state index is 11.8. The highest BCUT2D eigenvalue weighted by atomic mass is 16.5. The first-order valence-electron chi connectivity index (χ1n) is 6.94. The van der Waals surface area contributed by atoms with Crippen molar-refractivity contribution in [2.45, 2.75) is 26.5 Å². The highest BCUT2D eigenvalue weighted by molar-refractivity contribution is 5.81. The summed E-state index contributed by atoms with van der Waals surface area (Å²) in [6, 6.07) is 11.2. The molecule has 2 rings (SSSR count). The molecule has 5 nitrogen and oxygen atoms in total. The second kappa shape index (κ2) is 7.38. The minimum absolute atomic E-state index is 0.0840. The number of nitrogens with one attached hydrogen (secondary N) is 2. The Labute approximate surface area is 124 Å². The lowest BCUT2D eigenvalue weighted by Gasteiger charge is -2.15. The van der Waals surface area contributed by atoms with Crippen LogP contribution in [0.15, 0.2) is 47.1 Å². The van der Waals surface area contributed by atoms with Gasteiger partial charge in [-0.3, -0.25) is 4.79 Å². The molecule has 1 aromatic carbocycles. The average molecular weight is 288 g/mol. The molecule has 112 valence electrons. The van der Waals surface area contributed by atoms with Crippen molar-refractivity contribution in [3.63, 3.8) is 0 Å². The third kappa shape index (κ3) is 4.87. The molecule has 2 N–H and O–H groups in total. The van der Waals surface area contributed by atoms with Crippen molar-refractivity contribution >= 4 is 11.6 Å². The van der Waals surface area contributed by atoms with Gasteiger partial charge in [0, 0.05) is 0 Å². The van der Waals surface area contributed by atoms with Crippen molar-refractivity contribution in [3.8, 4) is 5.75 Å². The van der Waals surface area contributed by atoms with Crippen LogP contribution in [0.2, 0.25) is 0 Å². The number of para-hydroxylation sites is 2. The van der Waals surface area contributed by atoms with E-state index < -0.39 is 0 Å². The zero-order valence-corrected chi connectivity index (χ0v) is 12.3. The van der Waals surface area contributed by atoms with Crippen LogP contribution in [0.1, 0.15) is 19.6 Å². The van der Waals surface area contributed by atoms with Gasteiger partial charge in [0.05, 0.1) is 31.1 Å². The van der Waals surface area contributed by atoms with E-state index in [2.05, 4.69) is 10.6 Å². The molecule has 21 heavy (non-hydrogen) atoms. The molecule has 0 aliphatic carbocycles. The molecule has 0 unspecified atom stereocenters. The standard InChI is InChI=1S/C16H20N2O3/c1-12(2)21-15-8-4-3-7-14(15)17-11-16(19)18-10-13-6-5-9-20-13/h3-9,12,17H,10-11H2,1-2H3,(H,18,19). The van der Waals surface area contributed by atoms with Crippen LogP contribution in [-0.4, -0.2) is 18.6 Å². The lowest BCUT2D eigenvalue weighted by molar-refractivity contribution is -0.119. The van der Waals surface area contributed by atoms with E-state index in [1.165, 1.54) is 0 Å². The fourth-order valence-corrected chi connectivity index (χ4v) is 1.81. The maximum Gasteiger partial charge on any atom is 0.239 e. The van der Waals surface area contributed by atoms with Gasteiger partial charge in [0.1, 0.15) is 11.5 Å². The minimum atomic E-state index is -0.106. The van der Waals surface area contributed by atoms with Crippen LogP contribution in [0.5, 0.6) is 5.75 Å². The van der Waals surface area contributed by atoms with Crippen molar-refractivity contribution in [1.29, 1.82) is 0 Å². The van der Waals surface area contributed by atoms with E-state index in [0.717, 1.165) is 17.2 Å². The van der Waals surface area contributed by atoms with Crippen LogP contribution >= 0.6 is 0 Å².